The van der Waals surface area contributed by atoms with Gasteiger partial charge in [-0.05, 0) is 12.1 Å². The van der Waals surface area contributed by atoms with Crippen LogP contribution in [0, 0.1) is 11.3 Å². The van der Waals surface area contributed by atoms with Crippen molar-refractivity contribution < 1.29 is 9.90 Å². The van der Waals surface area contributed by atoms with E-state index in [1.807, 2.05) is 31.2 Å². The Balaban J connectivity index is 2.35. The van der Waals surface area contributed by atoms with E-state index in [-0.39, 0.29) is 11.7 Å². The van der Waals surface area contributed by atoms with E-state index in [1.165, 1.54) is 11.8 Å². The Morgan fingerprint density at radius 1 is 1.53 bits per heavy atom. The number of fused-ring (bicyclic) bond motifs is 1. The third kappa shape index (κ3) is 3.24. The monoisotopic (exact) mass is 272 g/mol. The molecule has 4 nitrogen and oxygen atoms in total. The number of pyridine rings is 1. The highest BCUT2D eigenvalue weighted by molar-refractivity contribution is 7.99. The largest absolute Gasteiger partial charge is 0.481 e. The summed E-state index contributed by atoms with van der Waals surface area (Å²) in [5.41, 5.74) is 1.32. The summed E-state index contributed by atoms with van der Waals surface area (Å²) < 4.78 is 0. The van der Waals surface area contributed by atoms with Crippen molar-refractivity contribution in [2.24, 2.45) is 0 Å². The molecule has 0 radical (unpaired) electrons. The number of rotatable bonds is 4. The lowest BCUT2D eigenvalue weighted by Crippen LogP contribution is -2.05. The maximum absolute atomic E-state index is 10.6. The molecule has 0 fully saturated rings. The summed E-state index contributed by atoms with van der Waals surface area (Å²) in [6.45, 7) is 1.84. The second-order valence-electron chi connectivity index (χ2n) is 4.16. The van der Waals surface area contributed by atoms with Crippen molar-refractivity contribution in [3.8, 4) is 6.07 Å². The average Bonchev–Trinajstić information content (AvgIpc) is 2.36. The summed E-state index contributed by atoms with van der Waals surface area (Å²) in [5, 5.41) is 19.3. The molecule has 96 valence electrons. The van der Waals surface area contributed by atoms with Gasteiger partial charge in [0.15, 0.2) is 0 Å². The van der Waals surface area contributed by atoms with Gasteiger partial charge in [-0.3, -0.25) is 4.79 Å². The summed E-state index contributed by atoms with van der Waals surface area (Å²) in [6, 6.07) is 11.3. The molecular formula is C14H12N2O2S. The van der Waals surface area contributed by atoms with Crippen molar-refractivity contribution in [1.82, 2.24) is 4.98 Å². The Morgan fingerprint density at radius 3 is 2.95 bits per heavy atom. The van der Waals surface area contributed by atoms with Crippen molar-refractivity contribution in [2.45, 2.75) is 23.6 Å². The van der Waals surface area contributed by atoms with Crippen molar-refractivity contribution in [1.29, 1.82) is 5.26 Å². The fourth-order valence-electron chi connectivity index (χ4n) is 1.80. The van der Waals surface area contributed by atoms with Gasteiger partial charge < -0.3 is 5.11 Å². The van der Waals surface area contributed by atoms with Crippen molar-refractivity contribution in [2.75, 3.05) is 0 Å². The highest BCUT2D eigenvalue weighted by atomic mass is 32.2. The van der Waals surface area contributed by atoms with E-state index in [0.717, 1.165) is 10.9 Å². The van der Waals surface area contributed by atoms with Crippen LogP contribution in [0.5, 0.6) is 0 Å². The zero-order chi connectivity index (χ0) is 13.8. The number of para-hydroxylation sites is 1. The Bertz CT molecular complexity index is 664. The molecule has 5 heteroatoms. The lowest BCUT2D eigenvalue weighted by molar-refractivity contribution is -0.136. The number of carboxylic acids is 1. The van der Waals surface area contributed by atoms with Gasteiger partial charge in [0.2, 0.25) is 0 Å². The molecule has 0 spiro atoms. The molecule has 19 heavy (non-hydrogen) atoms. The minimum absolute atomic E-state index is 0.0705. The molecule has 1 unspecified atom stereocenters. The summed E-state index contributed by atoms with van der Waals surface area (Å²) in [4.78, 5) is 15.1. The van der Waals surface area contributed by atoms with Crippen LogP contribution in [-0.2, 0) is 4.79 Å². The number of nitriles is 1. The van der Waals surface area contributed by atoms with E-state index >= 15 is 0 Å². The minimum Gasteiger partial charge on any atom is -0.481 e. The van der Waals surface area contributed by atoms with E-state index in [0.29, 0.717) is 10.6 Å². The Labute approximate surface area is 115 Å². The standard InChI is InChI=1S/C14H12N2O2S/c1-9(6-14(17)18)19-13-7-10(8-15)11-4-2-3-5-12(11)16-13/h2-5,7,9H,6H2,1H3,(H,17,18). The zero-order valence-electron chi connectivity index (χ0n) is 10.3. The zero-order valence-corrected chi connectivity index (χ0v) is 11.1. The predicted octanol–water partition coefficient (Wildman–Crippen LogP) is 3.06. The first-order valence-corrected chi connectivity index (χ1v) is 6.66. The number of carboxylic acid groups (broad SMARTS) is 1. The highest BCUT2D eigenvalue weighted by Crippen LogP contribution is 2.27. The van der Waals surface area contributed by atoms with E-state index in [4.69, 9.17) is 10.4 Å². The van der Waals surface area contributed by atoms with Crippen LogP contribution in [0.3, 0.4) is 0 Å². The van der Waals surface area contributed by atoms with Crippen LogP contribution in [0.25, 0.3) is 10.9 Å². The number of nitrogens with zero attached hydrogens (tertiary/aromatic N) is 2. The van der Waals surface area contributed by atoms with Gasteiger partial charge in [-0.1, -0.05) is 25.1 Å². The maximum atomic E-state index is 10.6. The van der Waals surface area contributed by atoms with Crippen LogP contribution in [0.4, 0.5) is 0 Å². The smallest absolute Gasteiger partial charge is 0.304 e. The van der Waals surface area contributed by atoms with Gasteiger partial charge in [0.1, 0.15) is 0 Å². The number of thioether (sulfide) groups is 1. The number of aliphatic carboxylic acids is 1. The third-order valence-corrected chi connectivity index (χ3v) is 3.62. The second-order valence-corrected chi connectivity index (χ2v) is 5.62. The SMILES string of the molecule is CC(CC(=O)O)Sc1cc(C#N)c2ccccc2n1. The summed E-state index contributed by atoms with van der Waals surface area (Å²) >= 11 is 1.37. The number of carbonyl (C=O) groups is 1. The predicted molar refractivity (Wildman–Crippen MR) is 74.0 cm³/mol. The van der Waals surface area contributed by atoms with Gasteiger partial charge in [-0.2, -0.15) is 5.26 Å². The molecule has 0 aliphatic rings. The molecule has 2 rings (SSSR count). The minimum atomic E-state index is -0.832. The molecule has 0 amide bonds. The maximum Gasteiger partial charge on any atom is 0.304 e. The first-order chi connectivity index (χ1) is 9.10. The molecule has 2 aromatic rings. The molecular weight excluding hydrogens is 260 g/mol. The first kappa shape index (κ1) is 13.4. The molecule has 0 bridgehead atoms. The Kier molecular flexibility index (Phi) is 4.03. The average molecular weight is 272 g/mol. The molecule has 1 aromatic carbocycles. The summed E-state index contributed by atoms with van der Waals surface area (Å²) in [5.74, 6) is -0.832. The van der Waals surface area contributed by atoms with E-state index in [2.05, 4.69) is 11.1 Å². The van der Waals surface area contributed by atoms with E-state index in [9.17, 15) is 4.79 Å². The van der Waals surface area contributed by atoms with Crippen LogP contribution in [0.1, 0.15) is 18.9 Å². The van der Waals surface area contributed by atoms with Crippen LogP contribution in [-0.4, -0.2) is 21.3 Å². The van der Waals surface area contributed by atoms with E-state index < -0.39 is 5.97 Å². The van der Waals surface area contributed by atoms with Gasteiger partial charge in [0.05, 0.1) is 28.6 Å². The molecule has 1 N–H and O–H groups in total. The van der Waals surface area contributed by atoms with Crippen molar-refractivity contribution in [3.63, 3.8) is 0 Å². The molecule has 1 aromatic heterocycles. The summed E-state index contributed by atoms with van der Waals surface area (Å²) in [7, 11) is 0. The highest BCUT2D eigenvalue weighted by Gasteiger charge is 2.12. The molecule has 1 atom stereocenters. The lowest BCUT2D eigenvalue weighted by Gasteiger charge is -2.09. The van der Waals surface area contributed by atoms with Crippen LogP contribution in [0.15, 0.2) is 35.4 Å². The topological polar surface area (TPSA) is 74.0 Å². The lowest BCUT2D eigenvalue weighted by atomic mass is 10.1. The number of hydrogen-bond acceptors (Lipinski definition) is 4. The summed E-state index contributed by atoms with van der Waals surface area (Å²) in [6.07, 6.45) is 0.0705. The fraction of sp³-hybridized carbons (Fsp3) is 0.214. The molecule has 0 saturated carbocycles. The normalized spacial score (nSPS) is 12.0. The first-order valence-electron chi connectivity index (χ1n) is 5.78. The Hall–Kier alpha value is -2.06. The fourth-order valence-corrected chi connectivity index (χ4v) is 2.77. The van der Waals surface area contributed by atoms with E-state index in [1.54, 1.807) is 6.07 Å². The Morgan fingerprint density at radius 2 is 2.26 bits per heavy atom. The van der Waals surface area contributed by atoms with Gasteiger partial charge in [-0.15, -0.1) is 11.8 Å². The van der Waals surface area contributed by atoms with Gasteiger partial charge in [0.25, 0.3) is 0 Å². The number of benzene rings is 1. The van der Waals surface area contributed by atoms with Crippen LogP contribution < -0.4 is 0 Å². The van der Waals surface area contributed by atoms with Gasteiger partial charge in [0, 0.05) is 10.6 Å². The van der Waals surface area contributed by atoms with Gasteiger partial charge in [-0.25, -0.2) is 4.98 Å². The number of hydrogen-bond donors (Lipinski definition) is 1. The van der Waals surface area contributed by atoms with Crippen molar-refractivity contribution >= 4 is 28.6 Å². The molecule has 0 saturated heterocycles. The van der Waals surface area contributed by atoms with Crippen LogP contribution >= 0.6 is 11.8 Å². The second kappa shape index (κ2) is 5.72. The quantitative estimate of drug-likeness (QED) is 0.866. The van der Waals surface area contributed by atoms with Crippen molar-refractivity contribution in [3.05, 3.63) is 35.9 Å². The van der Waals surface area contributed by atoms with Gasteiger partial charge >= 0.3 is 5.97 Å². The number of aromatic nitrogens is 1. The molecule has 0 aliphatic carbocycles. The third-order valence-electron chi connectivity index (χ3n) is 2.60. The van der Waals surface area contributed by atoms with Crippen LogP contribution in [0.2, 0.25) is 0 Å². The molecule has 0 aliphatic heterocycles. The molecule has 1 heterocycles.